The Morgan fingerprint density at radius 3 is 2.68 bits per heavy atom. The molecule has 4 nitrogen and oxygen atoms in total. The third kappa shape index (κ3) is 3.92. The number of aliphatic hydroxyl groups is 1. The maximum atomic E-state index is 12.0. The van der Waals surface area contributed by atoms with E-state index < -0.39 is 16.1 Å². The van der Waals surface area contributed by atoms with Crippen molar-refractivity contribution in [3.05, 3.63) is 29.3 Å². The van der Waals surface area contributed by atoms with Crippen LogP contribution >= 0.6 is 11.6 Å². The van der Waals surface area contributed by atoms with E-state index in [9.17, 15) is 13.5 Å². The molecule has 1 aliphatic carbocycles. The first kappa shape index (κ1) is 14.8. The number of rotatable bonds is 5. The van der Waals surface area contributed by atoms with Crippen LogP contribution in [-0.4, -0.2) is 26.2 Å². The molecule has 0 amide bonds. The molecule has 0 aliphatic heterocycles. The van der Waals surface area contributed by atoms with E-state index in [-0.39, 0.29) is 17.4 Å². The summed E-state index contributed by atoms with van der Waals surface area (Å²) in [4.78, 5) is 0.124. The average Bonchev–Trinajstić information content (AvgIpc) is 2.90. The van der Waals surface area contributed by atoms with Gasteiger partial charge in [0, 0.05) is 11.6 Å². The molecule has 6 heteroatoms. The van der Waals surface area contributed by atoms with Gasteiger partial charge in [0.15, 0.2) is 0 Å². The van der Waals surface area contributed by atoms with Crippen molar-refractivity contribution >= 4 is 21.6 Å². The molecule has 1 aromatic carbocycles. The maximum Gasteiger partial charge on any atom is 0.240 e. The Bertz CT molecular complexity index is 526. The summed E-state index contributed by atoms with van der Waals surface area (Å²) in [5.41, 5.74) is 0. The van der Waals surface area contributed by atoms with Crippen LogP contribution in [0.2, 0.25) is 5.02 Å². The summed E-state index contributed by atoms with van der Waals surface area (Å²) in [6, 6.07) is 6.08. The van der Waals surface area contributed by atoms with Crippen LogP contribution in [0.15, 0.2) is 29.2 Å². The first-order chi connectivity index (χ1) is 8.99. The molecule has 1 fully saturated rings. The Kier molecular flexibility index (Phi) is 4.84. The monoisotopic (exact) mass is 303 g/mol. The van der Waals surface area contributed by atoms with Crippen molar-refractivity contribution in [2.75, 3.05) is 6.54 Å². The summed E-state index contributed by atoms with van der Waals surface area (Å²) in [6.45, 7) is 0.0551. The summed E-state index contributed by atoms with van der Waals surface area (Å²) in [5.74, 6) is 0.210. The van der Waals surface area contributed by atoms with Gasteiger partial charge in [0.2, 0.25) is 10.0 Å². The highest BCUT2D eigenvalue weighted by Gasteiger charge is 2.25. The number of halogens is 1. The molecule has 2 rings (SSSR count). The summed E-state index contributed by atoms with van der Waals surface area (Å²) < 4.78 is 26.5. The molecule has 0 saturated heterocycles. The summed E-state index contributed by atoms with van der Waals surface area (Å²) in [5, 5.41) is 10.3. The number of aliphatic hydroxyl groups excluding tert-OH is 1. The predicted molar refractivity (Wildman–Crippen MR) is 74.6 cm³/mol. The zero-order valence-electron chi connectivity index (χ0n) is 10.5. The Morgan fingerprint density at radius 2 is 2.05 bits per heavy atom. The molecule has 1 saturated carbocycles. The first-order valence-electron chi connectivity index (χ1n) is 6.42. The summed E-state index contributed by atoms with van der Waals surface area (Å²) >= 11 is 5.78. The minimum Gasteiger partial charge on any atom is -0.391 e. The van der Waals surface area contributed by atoms with Crippen LogP contribution in [0, 0.1) is 5.92 Å². The molecular formula is C13H18ClNO3S. The highest BCUT2D eigenvalue weighted by molar-refractivity contribution is 7.89. The molecule has 0 bridgehead atoms. The van der Waals surface area contributed by atoms with E-state index in [0.717, 1.165) is 25.7 Å². The largest absolute Gasteiger partial charge is 0.391 e. The van der Waals surface area contributed by atoms with E-state index >= 15 is 0 Å². The zero-order chi connectivity index (χ0) is 13.9. The van der Waals surface area contributed by atoms with Gasteiger partial charge in [-0.3, -0.25) is 0 Å². The van der Waals surface area contributed by atoms with E-state index in [4.69, 9.17) is 11.6 Å². The maximum absolute atomic E-state index is 12.0. The minimum atomic E-state index is -3.60. The van der Waals surface area contributed by atoms with Gasteiger partial charge in [-0.2, -0.15) is 0 Å². The molecule has 1 unspecified atom stereocenters. The van der Waals surface area contributed by atoms with Gasteiger partial charge in [0.1, 0.15) is 0 Å². The number of nitrogens with one attached hydrogen (secondary N) is 1. The van der Waals surface area contributed by atoms with E-state index in [1.807, 2.05) is 0 Å². The van der Waals surface area contributed by atoms with E-state index in [1.54, 1.807) is 12.1 Å². The van der Waals surface area contributed by atoms with Crippen molar-refractivity contribution in [1.29, 1.82) is 0 Å². The van der Waals surface area contributed by atoms with E-state index in [1.165, 1.54) is 12.1 Å². The van der Waals surface area contributed by atoms with Crippen molar-refractivity contribution in [2.24, 2.45) is 5.92 Å². The normalized spacial score (nSPS) is 18.6. The van der Waals surface area contributed by atoms with Crippen molar-refractivity contribution in [3.8, 4) is 0 Å². The SMILES string of the molecule is O=S(=O)(NCC(O)C1CCCC1)c1cccc(Cl)c1. The van der Waals surface area contributed by atoms with Crippen LogP contribution in [0.5, 0.6) is 0 Å². The van der Waals surface area contributed by atoms with Gasteiger partial charge in [0.25, 0.3) is 0 Å². The zero-order valence-corrected chi connectivity index (χ0v) is 12.1. The molecule has 1 atom stereocenters. The topological polar surface area (TPSA) is 66.4 Å². The second kappa shape index (κ2) is 6.22. The van der Waals surface area contributed by atoms with E-state index in [2.05, 4.69) is 4.72 Å². The van der Waals surface area contributed by atoms with Gasteiger partial charge in [-0.25, -0.2) is 13.1 Å². The van der Waals surface area contributed by atoms with Crippen LogP contribution in [0.25, 0.3) is 0 Å². The molecular weight excluding hydrogens is 286 g/mol. The fraction of sp³-hybridized carbons (Fsp3) is 0.538. The average molecular weight is 304 g/mol. The van der Waals surface area contributed by atoms with Crippen LogP contribution in [-0.2, 0) is 10.0 Å². The third-order valence-electron chi connectivity index (χ3n) is 3.53. The molecule has 0 spiro atoms. The van der Waals surface area contributed by atoms with Gasteiger partial charge in [-0.05, 0) is 37.0 Å². The van der Waals surface area contributed by atoms with Gasteiger partial charge in [-0.15, -0.1) is 0 Å². The molecule has 0 heterocycles. The third-order valence-corrected chi connectivity index (χ3v) is 5.19. The fourth-order valence-electron chi connectivity index (χ4n) is 2.42. The van der Waals surface area contributed by atoms with Gasteiger partial charge >= 0.3 is 0 Å². The lowest BCUT2D eigenvalue weighted by atomic mass is 10.0. The lowest BCUT2D eigenvalue weighted by Crippen LogP contribution is -2.35. The summed E-state index contributed by atoms with van der Waals surface area (Å²) in [6.07, 6.45) is 3.56. The molecule has 1 aromatic rings. The van der Waals surface area contributed by atoms with Crippen LogP contribution in [0.3, 0.4) is 0 Å². The molecule has 19 heavy (non-hydrogen) atoms. The summed E-state index contributed by atoms with van der Waals surface area (Å²) in [7, 11) is -3.60. The molecule has 0 aromatic heterocycles. The van der Waals surface area contributed by atoms with Crippen molar-refractivity contribution in [1.82, 2.24) is 4.72 Å². The van der Waals surface area contributed by atoms with E-state index in [0.29, 0.717) is 5.02 Å². The van der Waals surface area contributed by atoms with Crippen LogP contribution in [0.1, 0.15) is 25.7 Å². The van der Waals surface area contributed by atoms with Crippen molar-refractivity contribution in [3.63, 3.8) is 0 Å². The Labute approximate surface area is 118 Å². The number of sulfonamides is 1. The number of benzene rings is 1. The van der Waals surface area contributed by atoms with Gasteiger partial charge in [0.05, 0.1) is 11.0 Å². The first-order valence-corrected chi connectivity index (χ1v) is 8.28. The van der Waals surface area contributed by atoms with Gasteiger partial charge in [-0.1, -0.05) is 30.5 Å². The fourth-order valence-corrected chi connectivity index (χ4v) is 3.77. The van der Waals surface area contributed by atoms with Crippen molar-refractivity contribution < 1.29 is 13.5 Å². The highest BCUT2D eigenvalue weighted by Crippen LogP contribution is 2.27. The lowest BCUT2D eigenvalue weighted by Gasteiger charge is -2.18. The molecule has 1 aliphatic rings. The second-order valence-electron chi connectivity index (χ2n) is 4.92. The number of hydrogen-bond acceptors (Lipinski definition) is 3. The van der Waals surface area contributed by atoms with Crippen LogP contribution in [0.4, 0.5) is 0 Å². The quantitative estimate of drug-likeness (QED) is 0.876. The van der Waals surface area contributed by atoms with Crippen molar-refractivity contribution in [2.45, 2.75) is 36.7 Å². The number of hydrogen-bond donors (Lipinski definition) is 2. The Balaban J connectivity index is 1.97. The Hall–Kier alpha value is -0.620. The van der Waals surface area contributed by atoms with Crippen LogP contribution < -0.4 is 4.72 Å². The lowest BCUT2D eigenvalue weighted by molar-refractivity contribution is 0.115. The smallest absolute Gasteiger partial charge is 0.240 e. The molecule has 0 radical (unpaired) electrons. The standard InChI is InChI=1S/C13H18ClNO3S/c14-11-6-3-7-12(8-11)19(17,18)15-9-13(16)10-4-1-2-5-10/h3,6-8,10,13,15-16H,1-2,4-5,9H2. The highest BCUT2D eigenvalue weighted by atomic mass is 35.5. The molecule has 106 valence electrons. The predicted octanol–water partition coefficient (Wildman–Crippen LogP) is 2.17. The molecule has 2 N–H and O–H groups in total. The second-order valence-corrected chi connectivity index (χ2v) is 7.12. The minimum absolute atomic E-state index is 0.0551. The Morgan fingerprint density at radius 1 is 1.37 bits per heavy atom. The van der Waals surface area contributed by atoms with Gasteiger partial charge < -0.3 is 5.11 Å².